The summed E-state index contributed by atoms with van der Waals surface area (Å²) in [6.45, 7) is 6.04. The molecule has 1 saturated heterocycles. The Morgan fingerprint density at radius 1 is 0.833 bits per heavy atom. The molecule has 1 fully saturated rings. The third kappa shape index (κ3) is 10.2. The van der Waals surface area contributed by atoms with E-state index in [0.717, 1.165) is 53.9 Å². The van der Waals surface area contributed by atoms with Gasteiger partial charge in [0, 0.05) is 84.8 Å². The first kappa shape index (κ1) is 38.9. The molecule has 6 rings (SSSR count). The third-order valence-electron chi connectivity index (χ3n) is 9.43. The maximum Gasteiger partial charge on any atom is 0.264 e. The topological polar surface area (TPSA) is 111 Å². The van der Waals surface area contributed by atoms with Gasteiger partial charge in [-0.1, -0.05) is 66.2 Å². The molecule has 12 heteroatoms. The number of hydrogen-bond donors (Lipinski definition) is 3. The number of nitrogens with one attached hydrogen (secondary N) is 3. The molecule has 3 N–H and O–H groups in total. The number of halogens is 1. The summed E-state index contributed by atoms with van der Waals surface area (Å²) in [5, 5.41) is 6.80. The van der Waals surface area contributed by atoms with Crippen molar-refractivity contribution in [2.24, 2.45) is 0 Å². The molecule has 2 amide bonds. The second-order valence-electron chi connectivity index (χ2n) is 13.2. The van der Waals surface area contributed by atoms with Crippen molar-refractivity contribution >= 4 is 56.6 Å². The Kier molecular flexibility index (Phi) is 13.0. The van der Waals surface area contributed by atoms with E-state index in [4.69, 9.17) is 11.6 Å². The Morgan fingerprint density at radius 2 is 1.52 bits per heavy atom. The fourth-order valence-corrected chi connectivity index (χ4v) is 8.54. The van der Waals surface area contributed by atoms with Crippen LogP contribution in [0.2, 0.25) is 5.02 Å². The SMILES string of the molecule is CNC(=O)C[C@H](CSc1ccccc1)Nc1ccc(S(=O)(=O)NC(=O)c2ccc(N3CCN(Cc4ccccc4-c4ccc(Cl)cc4)CC3)cc2)cc1C. The Hall–Kier alpha value is -4.81. The van der Waals surface area contributed by atoms with E-state index < -0.39 is 15.9 Å². The summed E-state index contributed by atoms with van der Waals surface area (Å²) in [5.74, 6) is -0.169. The lowest BCUT2D eigenvalue weighted by molar-refractivity contribution is -0.120. The molecule has 0 saturated carbocycles. The van der Waals surface area contributed by atoms with E-state index in [1.165, 1.54) is 23.3 Å². The lowest BCUT2D eigenvalue weighted by atomic mass is 9.99. The molecule has 0 radical (unpaired) electrons. The van der Waals surface area contributed by atoms with Gasteiger partial charge in [0.25, 0.3) is 15.9 Å². The van der Waals surface area contributed by atoms with Crippen molar-refractivity contribution in [3.8, 4) is 11.1 Å². The van der Waals surface area contributed by atoms with Gasteiger partial charge in [0.05, 0.1) is 4.90 Å². The second kappa shape index (κ2) is 18.0. The molecule has 0 aromatic heterocycles. The molecule has 1 heterocycles. The number of sulfonamides is 1. The number of piperazine rings is 1. The van der Waals surface area contributed by atoms with Gasteiger partial charge in [-0.05, 0) is 95.9 Å². The summed E-state index contributed by atoms with van der Waals surface area (Å²) in [6, 6.07) is 37.8. The summed E-state index contributed by atoms with van der Waals surface area (Å²) >= 11 is 7.75. The Morgan fingerprint density at radius 3 is 2.20 bits per heavy atom. The highest BCUT2D eigenvalue weighted by Gasteiger charge is 2.23. The number of rotatable bonds is 14. The Bertz CT molecular complexity index is 2160. The molecule has 1 aliphatic rings. The van der Waals surface area contributed by atoms with Crippen LogP contribution < -0.4 is 20.3 Å². The van der Waals surface area contributed by atoms with Crippen LogP contribution in [0.5, 0.6) is 0 Å². The van der Waals surface area contributed by atoms with E-state index in [1.54, 1.807) is 43.9 Å². The fraction of sp³-hybridized carbons (Fsp3) is 0.238. The number of thioether (sulfide) groups is 1. The van der Waals surface area contributed by atoms with Crippen LogP contribution in [0.1, 0.15) is 27.9 Å². The van der Waals surface area contributed by atoms with E-state index >= 15 is 0 Å². The number of nitrogens with zero attached hydrogens (tertiary/aromatic N) is 2. The first-order valence-electron chi connectivity index (χ1n) is 17.8. The van der Waals surface area contributed by atoms with Crippen LogP contribution in [-0.2, 0) is 21.4 Å². The molecule has 9 nitrogen and oxygen atoms in total. The highest BCUT2D eigenvalue weighted by molar-refractivity contribution is 7.99. The predicted molar refractivity (Wildman–Crippen MR) is 220 cm³/mol. The van der Waals surface area contributed by atoms with Gasteiger partial charge in [-0.15, -0.1) is 11.8 Å². The van der Waals surface area contributed by atoms with Crippen molar-refractivity contribution in [3.63, 3.8) is 0 Å². The summed E-state index contributed by atoms with van der Waals surface area (Å²) < 4.78 is 28.8. The van der Waals surface area contributed by atoms with E-state index in [9.17, 15) is 18.0 Å². The molecule has 280 valence electrons. The summed E-state index contributed by atoms with van der Waals surface area (Å²) in [6.07, 6.45) is 0.252. The smallest absolute Gasteiger partial charge is 0.264 e. The zero-order chi connectivity index (χ0) is 38.1. The molecule has 0 bridgehead atoms. The first-order chi connectivity index (χ1) is 26.1. The Balaban J connectivity index is 1.03. The zero-order valence-corrected chi connectivity index (χ0v) is 32.7. The number of carbonyl (C=O) groups is 2. The van der Waals surface area contributed by atoms with Crippen LogP contribution >= 0.6 is 23.4 Å². The van der Waals surface area contributed by atoms with Crippen molar-refractivity contribution in [2.75, 3.05) is 49.2 Å². The van der Waals surface area contributed by atoms with Crippen LogP contribution in [-0.4, -0.2) is 70.2 Å². The second-order valence-corrected chi connectivity index (χ2v) is 16.4. The standard InChI is InChI=1S/C42H44ClN5O4S2/c1-30-26-38(20-21-40(30)45-35(27-41(49)44-2)29-53-37-9-4-3-5-10-37)54(51,52)46-42(50)32-14-18-36(19-15-32)48-24-22-47(23-25-48)28-33-8-6-7-11-39(33)31-12-16-34(43)17-13-31/h3-21,26,35,45H,22-25,27-29H2,1-2H3,(H,44,49)(H,46,50)/t35-/m1/s1. The maximum absolute atomic E-state index is 13.3. The van der Waals surface area contributed by atoms with Gasteiger partial charge < -0.3 is 15.5 Å². The van der Waals surface area contributed by atoms with Gasteiger partial charge in [-0.2, -0.15) is 0 Å². The normalized spacial score (nSPS) is 13.9. The minimum absolute atomic E-state index is 0.0225. The van der Waals surface area contributed by atoms with E-state index in [0.29, 0.717) is 17.0 Å². The van der Waals surface area contributed by atoms with Gasteiger partial charge in [0.15, 0.2) is 0 Å². The molecular weight excluding hydrogens is 738 g/mol. The van der Waals surface area contributed by atoms with Gasteiger partial charge in [-0.3, -0.25) is 14.5 Å². The summed E-state index contributed by atoms with van der Waals surface area (Å²) in [5.41, 5.74) is 6.22. The van der Waals surface area contributed by atoms with Crippen LogP contribution in [0.3, 0.4) is 0 Å². The summed E-state index contributed by atoms with van der Waals surface area (Å²) in [4.78, 5) is 31.2. The van der Waals surface area contributed by atoms with E-state index in [2.05, 4.69) is 61.6 Å². The summed E-state index contributed by atoms with van der Waals surface area (Å²) in [7, 11) is -2.54. The van der Waals surface area contributed by atoms with Crippen molar-refractivity contribution in [2.45, 2.75) is 35.7 Å². The number of benzene rings is 5. The van der Waals surface area contributed by atoms with Crippen LogP contribution in [0, 0.1) is 6.92 Å². The average Bonchev–Trinajstić information content (AvgIpc) is 3.18. The molecule has 5 aromatic rings. The molecule has 0 aliphatic carbocycles. The van der Waals surface area contributed by atoms with E-state index in [1.807, 2.05) is 54.6 Å². The average molecular weight is 782 g/mol. The van der Waals surface area contributed by atoms with Gasteiger partial charge in [0.1, 0.15) is 0 Å². The molecular formula is C42H44ClN5O4S2. The largest absolute Gasteiger partial charge is 0.381 e. The van der Waals surface area contributed by atoms with Gasteiger partial charge in [-0.25, -0.2) is 13.1 Å². The number of amides is 2. The maximum atomic E-state index is 13.3. The minimum atomic E-state index is -4.15. The lowest BCUT2D eigenvalue weighted by Crippen LogP contribution is -2.46. The van der Waals surface area contributed by atoms with Crippen molar-refractivity contribution in [1.82, 2.24) is 14.9 Å². The van der Waals surface area contributed by atoms with Crippen molar-refractivity contribution < 1.29 is 18.0 Å². The number of aryl methyl sites for hydroxylation is 1. The highest BCUT2D eigenvalue weighted by Crippen LogP contribution is 2.28. The molecule has 0 unspecified atom stereocenters. The predicted octanol–water partition coefficient (Wildman–Crippen LogP) is 7.47. The minimum Gasteiger partial charge on any atom is -0.381 e. The molecule has 1 atom stereocenters. The fourth-order valence-electron chi connectivity index (χ4n) is 6.41. The molecule has 1 aliphatic heterocycles. The van der Waals surface area contributed by atoms with Crippen molar-refractivity contribution in [1.29, 1.82) is 0 Å². The molecule has 5 aromatic carbocycles. The molecule has 54 heavy (non-hydrogen) atoms. The van der Waals surface area contributed by atoms with Crippen LogP contribution in [0.15, 0.2) is 131 Å². The van der Waals surface area contributed by atoms with Gasteiger partial charge in [0.2, 0.25) is 5.91 Å². The molecule has 0 spiro atoms. The van der Waals surface area contributed by atoms with E-state index in [-0.39, 0.29) is 28.8 Å². The zero-order valence-electron chi connectivity index (χ0n) is 30.3. The highest BCUT2D eigenvalue weighted by atomic mass is 35.5. The monoisotopic (exact) mass is 781 g/mol. The number of hydrogen-bond acceptors (Lipinski definition) is 8. The van der Waals surface area contributed by atoms with Crippen LogP contribution in [0.4, 0.5) is 11.4 Å². The van der Waals surface area contributed by atoms with Crippen molar-refractivity contribution in [3.05, 3.63) is 143 Å². The lowest BCUT2D eigenvalue weighted by Gasteiger charge is -2.36. The number of carbonyl (C=O) groups excluding carboxylic acids is 2. The van der Waals surface area contributed by atoms with Crippen LogP contribution in [0.25, 0.3) is 11.1 Å². The van der Waals surface area contributed by atoms with Gasteiger partial charge >= 0.3 is 0 Å². The number of anilines is 2. The quantitative estimate of drug-likeness (QED) is 0.0997. The Labute approximate surface area is 327 Å². The first-order valence-corrected chi connectivity index (χ1v) is 20.7. The third-order valence-corrected chi connectivity index (χ3v) is 12.2.